The Morgan fingerprint density at radius 2 is 1.79 bits per heavy atom. The molecule has 2 aromatic carbocycles. The number of hydrogen-bond acceptors (Lipinski definition) is 5. The van der Waals surface area contributed by atoms with Gasteiger partial charge in [0.2, 0.25) is 0 Å². The molecule has 3 N–H and O–H groups in total. The Bertz CT molecular complexity index is 1190. The molecular weight excluding hydrogens is 424 g/mol. The molecule has 7 heteroatoms. The highest BCUT2D eigenvalue weighted by Crippen LogP contribution is 2.37. The van der Waals surface area contributed by atoms with Crippen LogP contribution >= 0.6 is 0 Å². The van der Waals surface area contributed by atoms with Gasteiger partial charge in [0.25, 0.3) is 5.91 Å². The summed E-state index contributed by atoms with van der Waals surface area (Å²) in [4.78, 5) is 14.7. The summed E-state index contributed by atoms with van der Waals surface area (Å²) in [6, 6.07) is 20.4. The number of amides is 1. The molecule has 1 amide bonds. The molecule has 4 rings (SSSR count). The van der Waals surface area contributed by atoms with Crippen molar-refractivity contribution in [3.05, 3.63) is 66.4 Å². The fourth-order valence-electron chi connectivity index (χ4n) is 4.66. The highest BCUT2D eigenvalue weighted by molar-refractivity contribution is 5.98. The minimum atomic E-state index is -0.549. The molecular formula is C27H32N6O. The Hall–Kier alpha value is -3.63. The number of aromatic nitrogens is 2. The van der Waals surface area contributed by atoms with E-state index in [0.29, 0.717) is 17.8 Å². The minimum Gasteiger partial charge on any atom is -0.365 e. The Morgan fingerprint density at radius 1 is 1.12 bits per heavy atom. The number of carbonyl (C=O) groups is 1. The summed E-state index contributed by atoms with van der Waals surface area (Å²) < 4.78 is 1.81. The fourth-order valence-corrected chi connectivity index (χ4v) is 4.66. The van der Waals surface area contributed by atoms with Crippen LogP contribution in [-0.4, -0.2) is 39.2 Å². The van der Waals surface area contributed by atoms with E-state index in [0.717, 1.165) is 42.7 Å². The number of anilines is 2. The van der Waals surface area contributed by atoms with Crippen molar-refractivity contribution < 1.29 is 4.79 Å². The van der Waals surface area contributed by atoms with Crippen molar-refractivity contribution >= 4 is 17.4 Å². The molecule has 0 bridgehead atoms. The van der Waals surface area contributed by atoms with Crippen LogP contribution in [0.5, 0.6) is 0 Å². The predicted molar refractivity (Wildman–Crippen MR) is 135 cm³/mol. The molecule has 1 aliphatic rings. The van der Waals surface area contributed by atoms with Gasteiger partial charge in [-0.2, -0.15) is 10.4 Å². The van der Waals surface area contributed by atoms with Crippen LogP contribution in [0.3, 0.4) is 0 Å². The number of nitrogens with one attached hydrogen (secondary N) is 1. The Balaban J connectivity index is 1.65. The summed E-state index contributed by atoms with van der Waals surface area (Å²) in [5.74, 6) is -0.138. The summed E-state index contributed by atoms with van der Waals surface area (Å²) in [5, 5.41) is 17.7. The Kier molecular flexibility index (Phi) is 6.45. The van der Waals surface area contributed by atoms with E-state index in [1.165, 1.54) is 0 Å². The van der Waals surface area contributed by atoms with Crippen molar-refractivity contribution in [2.75, 3.05) is 18.4 Å². The molecule has 0 unspecified atom stereocenters. The third-order valence-corrected chi connectivity index (χ3v) is 6.75. The van der Waals surface area contributed by atoms with Crippen LogP contribution in [0.4, 0.5) is 11.5 Å². The maximum Gasteiger partial charge on any atom is 0.254 e. The molecule has 1 saturated heterocycles. The smallest absolute Gasteiger partial charge is 0.254 e. The zero-order chi connectivity index (χ0) is 24.3. The first-order chi connectivity index (χ1) is 16.2. The molecule has 0 aliphatic carbocycles. The molecule has 0 atom stereocenters. The van der Waals surface area contributed by atoms with Crippen molar-refractivity contribution in [3.63, 3.8) is 0 Å². The van der Waals surface area contributed by atoms with Gasteiger partial charge in [0.05, 0.1) is 18.0 Å². The number of nitriles is 1. The second-order valence-electron chi connectivity index (χ2n) is 9.99. The molecule has 176 valence electrons. The first-order valence-corrected chi connectivity index (χ1v) is 11.7. The number of carbonyl (C=O) groups excluding carboxylic acids is 1. The van der Waals surface area contributed by atoms with Gasteiger partial charge >= 0.3 is 0 Å². The summed E-state index contributed by atoms with van der Waals surface area (Å²) >= 11 is 0. The molecule has 1 aliphatic heterocycles. The maximum absolute atomic E-state index is 12.3. The van der Waals surface area contributed by atoms with Gasteiger partial charge in [-0.3, -0.25) is 14.4 Å². The Labute approximate surface area is 201 Å². The molecule has 1 aromatic heterocycles. The van der Waals surface area contributed by atoms with E-state index in [4.69, 9.17) is 10.8 Å². The average Bonchev–Trinajstić information content (AvgIpc) is 3.24. The quantitative estimate of drug-likeness (QED) is 0.550. The van der Waals surface area contributed by atoms with E-state index in [1.54, 1.807) is 10.9 Å². The van der Waals surface area contributed by atoms with Gasteiger partial charge in [0.1, 0.15) is 5.56 Å². The number of primary amides is 1. The number of piperidine rings is 1. The van der Waals surface area contributed by atoms with Gasteiger partial charge in [-0.05, 0) is 56.9 Å². The number of likely N-dealkylation sites (tertiary alicyclic amines) is 1. The first-order valence-electron chi connectivity index (χ1n) is 11.7. The van der Waals surface area contributed by atoms with E-state index in [2.05, 4.69) is 49.2 Å². The van der Waals surface area contributed by atoms with Crippen molar-refractivity contribution in [1.82, 2.24) is 14.7 Å². The maximum atomic E-state index is 12.3. The van der Waals surface area contributed by atoms with Gasteiger partial charge in [-0.1, -0.05) is 42.5 Å². The molecule has 34 heavy (non-hydrogen) atoms. The van der Waals surface area contributed by atoms with Crippen LogP contribution in [0.25, 0.3) is 11.1 Å². The van der Waals surface area contributed by atoms with Crippen LogP contribution in [0.15, 0.2) is 60.8 Å². The number of nitrogens with two attached hydrogens (primary N) is 1. The van der Waals surface area contributed by atoms with Crippen molar-refractivity contribution in [3.8, 4) is 17.2 Å². The number of nitrogens with zero attached hydrogens (tertiary/aromatic N) is 4. The molecule has 7 nitrogen and oxygen atoms in total. The summed E-state index contributed by atoms with van der Waals surface area (Å²) in [6.07, 6.45) is 3.59. The van der Waals surface area contributed by atoms with Crippen molar-refractivity contribution in [2.45, 2.75) is 51.1 Å². The molecule has 3 aromatic rings. The van der Waals surface area contributed by atoms with E-state index in [-0.39, 0.29) is 5.54 Å². The van der Waals surface area contributed by atoms with E-state index >= 15 is 0 Å². The third kappa shape index (κ3) is 4.82. The SMILES string of the molecule is CC(C)(C)N1CCC(CC#N)(n2cc(C(N)=O)c(Nc3cccc(-c4ccccc4)c3)n2)CC1. The number of rotatable bonds is 6. The van der Waals surface area contributed by atoms with Crippen molar-refractivity contribution in [2.24, 2.45) is 5.73 Å². The van der Waals surface area contributed by atoms with Crippen LogP contribution < -0.4 is 11.1 Å². The van der Waals surface area contributed by atoms with Gasteiger partial charge < -0.3 is 11.1 Å². The lowest BCUT2D eigenvalue weighted by atomic mass is 9.83. The summed E-state index contributed by atoms with van der Waals surface area (Å²) in [5.41, 5.74) is 8.61. The van der Waals surface area contributed by atoms with Gasteiger partial charge in [-0.25, -0.2) is 0 Å². The van der Waals surface area contributed by atoms with E-state index < -0.39 is 11.4 Å². The molecule has 0 saturated carbocycles. The molecule has 2 heterocycles. The molecule has 1 fully saturated rings. The van der Waals surface area contributed by atoms with Crippen LogP contribution in [-0.2, 0) is 5.54 Å². The topological polar surface area (TPSA) is 100.0 Å². The molecule has 0 radical (unpaired) electrons. The van der Waals surface area contributed by atoms with Crippen LogP contribution in [0.2, 0.25) is 0 Å². The number of hydrogen-bond donors (Lipinski definition) is 2. The Morgan fingerprint density at radius 3 is 2.41 bits per heavy atom. The second kappa shape index (κ2) is 9.32. The minimum absolute atomic E-state index is 0.0673. The zero-order valence-electron chi connectivity index (χ0n) is 20.1. The fraction of sp³-hybridized carbons (Fsp3) is 0.370. The molecule has 0 spiro atoms. The summed E-state index contributed by atoms with van der Waals surface area (Å²) in [7, 11) is 0. The van der Waals surface area contributed by atoms with Crippen LogP contribution in [0.1, 0.15) is 50.4 Å². The average molecular weight is 457 g/mol. The second-order valence-corrected chi connectivity index (χ2v) is 9.99. The summed E-state index contributed by atoms with van der Waals surface area (Å²) in [6.45, 7) is 8.33. The standard InChI is InChI=1S/C27H32N6O/c1-26(2,3)32-16-13-27(12-15-28,14-17-32)33-19-23(24(29)34)25(31-33)30-22-11-7-10-21(18-22)20-8-5-4-6-9-20/h4-11,18-19H,12-14,16-17H2,1-3H3,(H2,29,34)(H,30,31). The zero-order valence-corrected chi connectivity index (χ0v) is 20.1. The third-order valence-electron chi connectivity index (χ3n) is 6.75. The number of benzene rings is 2. The highest BCUT2D eigenvalue weighted by atomic mass is 16.1. The lowest BCUT2D eigenvalue weighted by Crippen LogP contribution is -2.52. The van der Waals surface area contributed by atoms with E-state index in [1.807, 2.05) is 42.5 Å². The van der Waals surface area contributed by atoms with Gasteiger partial charge in [-0.15, -0.1) is 0 Å². The van der Waals surface area contributed by atoms with E-state index in [9.17, 15) is 10.1 Å². The highest BCUT2D eigenvalue weighted by Gasteiger charge is 2.40. The largest absolute Gasteiger partial charge is 0.365 e. The lowest BCUT2D eigenvalue weighted by molar-refractivity contribution is 0.0438. The van der Waals surface area contributed by atoms with Gasteiger partial charge in [0.15, 0.2) is 5.82 Å². The predicted octanol–water partition coefficient (Wildman–Crippen LogP) is 4.90. The van der Waals surface area contributed by atoms with Crippen molar-refractivity contribution in [1.29, 1.82) is 5.26 Å². The van der Waals surface area contributed by atoms with Crippen LogP contribution in [0, 0.1) is 11.3 Å². The van der Waals surface area contributed by atoms with Gasteiger partial charge in [0, 0.05) is 30.5 Å². The monoisotopic (exact) mass is 456 g/mol. The first kappa shape index (κ1) is 23.5. The normalized spacial score (nSPS) is 16.1. The lowest BCUT2D eigenvalue weighted by Gasteiger charge is -2.45.